The Balaban J connectivity index is 1.36. The van der Waals surface area contributed by atoms with Gasteiger partial charge in [0.2, 0.25) is 5.91 Å². The molecule has 8 nitrogen and oxygen atoms in total. The van der Waals surface area contributed by atoms with Crippen LogP contribution in [0, 0.1) is 0 Å². The van der Waals surface area contributed by atoms with Crippen LogP contribution in [0.15, 0.2) is 58.3 Å². The van der Waals surface area contributed by atoms with Gasteiger partial charge in [-0.3, -0.25) is 9.59 Å². The molecule has 2 aromatic heterocycles. The SMILES string of the molecule is CC1CN(c2cc(Cl)nc(SCC(=O)NCc3ccco3)n2)CCN1C(=O)c1ccccc1Cl. The van der Waals surface area contributed by atoms with E-state index in [1.807, 2.05) is 11.8 Å². The number of rotatable bonds is 7. The summed E-state index contributed by atoms with van der Waals surface area (Å²) < 4.78 is 5.21. The Kier molecular flexibility index (Phi) is 7.97. The van der Waals surface area contributed by atoms with Crippen molar-refractivity contribution in [1.29, 1.82) is 0 Å². The molecule has 1 N–H and O–H groups in total. The zero-order chi connectivity index (χ0) is 24.1. The summed E-state index contributed by atoms with van der Waals surface area (Å²) in [5.74, 6) is 1.25. The second-order valence-electron chi connectivity index (χ2n) is 7.75. The largest absolute Gasteiger partial charge is 0.467 e. The summed E-state index contributed by atoms with van der Waals surface area (Å²) in [7, 11) is 0. The molecular formula is C23H23Cl2N5O3S. The Bertz CT molecular complexity index is 1160. The molecule has 1 aliphatic rings. The lowest BCUT2D eigenvalue weighted by atomic mass is 10.1. The van der Waals surface area contributed by atoms with Crippen molar-refractivity contribution in [2.24, 2.45) is 0 Å². The highest BCUT2D eigenvalue weighted by molar-refractivity contribution is 7.99. The second-order valence-corrected chi connectivity index (χ2v) is 9.49. The predicted molar refractivity (Wildman–Crippen MR) is 132 cm³/mol. The highest BCUT2D eigenvalue weighted by atomic mass is 35.5. The van der Waals surface area contributed by atoms with E-state index in [0.29, 0.717) is 58.7 Å². The highest BCUT2D eigenvalue weighted by Gasteiger charge is 2.30. The molecular weight excluding hydrogens is 497 g/mol. The van der Waals surface area contributed by atoms with Crippen LogP contribution in [0.2, 0.25) is 10.2 Å². The normalized spacial score (nSPS) is 15.9. The minimum Gasteiger partial charge on any atom is -0.467 e. The molecule has 1 fully saturated rings. The number of hydrogen-bond acceptors (Lipinski definition) is 7. The van der Waals surface area contributed by atoms with Gasteiger partial charge < -0.3 is 19.5 Å². The number of halogens is 2. The van der Waals surface area contributed by atoms with E-state index in [1.54, 1.807) is 48.7 Å². The number of furan rings is 1. The summed E-state index contributed by atoms with van der Waals surface area (Å²) in [6.45, 7) is 4.00. The van der Waals surface area contributed by atoms with Crippen molar-refractivity contribution in [1.82, 2.24) is 20.2 Å². The Hall–Kier alpha value is -2.75. The fraction of sp³-hybridized carbons (Fsp3) is 0.304. The van der Waals surface area contributed by atoms with E-state index < -0.39 is 0 Å². The Labute approximate surface area is 211 Å². The molecule has 3 aromatic rings. The van der Waals surface area contributed by atoms with E-state index in [2.05, 4.69) is 20.2 Å². The third-order valence-corrected chi connectivity index (χ3v) is 6.72. The molecule has 1 aromatic carbocycles. The highest BCUT2D eigenvalue weighted by Crippen LogP contribution is 2.25. The van der Waals surface area contributed by atoms with Gasteiger partial charge in [-0.2, -0.15) is 0 Å². The number of carbonyl (C=O) groups is 2. The van der Waals surface area contributed by atoms with Crippen molar-refractivity contribution in [3.8, 4) is 0 Å². The maximum Gasteiger partial charge on any atom is 0.255 e. The van der Waals surface area contributed by atoms with Crippen LogP contribution in [-0.2, 0) is 11.3 Å². The average Bonchev–Trinajstić information content (AvgIpc) is 3.35. The van der Waals surface area contributed by atoms with Gasteiger partial charge in [-0.05, 0) is 31.2 Å². The van der Waals surface area contributed by atoms with E-state index in [1.165, 1.54) is 11.8 Å². The molecule has 1 atom stereocenters. The number of nitrogens with one attached hydrogen (secondary N) is 1. The van der Waals surface area contributed by atoms with Crippen LogP contribution in [0.25, 0.3) is 0 Å². The average molecular weight is 520 g/mol. The minimum atomic E-state index is -0.160. The number of nitrogens with zero attached hydrogens (tertiary/aromatic N) is 4. The smallest absolute Gasteiger partial charge is 0.255 e. The second kappa shape index (κ2) is 11.1. The minimum absolute atomic E-state index is 0.0604. The van der Waals surface area contributed by atoms with Crippen molar-refractivity contribution in [2.75, 3.05) is 30.3 Å². The lowest BCUT2D eigenvalue weighted by Gasteiger charge is -2.40. The maximum atomic E-state index is 13.0. The zero-order valence-corrected chi connectivity index (χ0v) is 20.7. The van der Waals surface area contributed by atoms with Crippen LogP contribution in [0.3, 0.4) is 0 Å². The van der Waals surface area contributed by atoms with E-state index in [4.69, 9.17) is 27.6 Å². The summed E-state index contributed by atoms with van der Waals surface area (Å²) in [6.07, 6.45) is 1.56. The zero-order valence-electron chi connectivity index (χ0n) is 18.4. The van der Waals surface area contributed by atoms with Gasteiger partial charge in [0.15, 0.2) is 5.16 Å². The van der Waals surface area contributed by atoms with Crippen LogP contribution in [0.4, 0.5) is 5.82 Å². The number of thioether (sulfide) groups is 1. The van der Waals surface area contributed by atoms with Gasteiger partial charge in [-0.25, -0.2) is 9.97 Å². The first kappa shape index (κ1) is 24.4. The molecule has 34 heavy (non-hydrogen) atoms. The third-order valence-electron chi connectivity index (χ3n) is 5.35. The Morgan fingerprint density at radius 2 is 2.00 bits per heavy atom. The fourth-order valence-electron chi connectivity index (χ4n) is 3.65. The van der Waals surface area contributed by atoms with Crippen molar-refractivity contribution in [3.05, 3.63) is 70.2 Å². The molecule has 1 unspecified atom stereocenters. The maximum absolute atomic E-state index is 13.0. The summed E-state index contributed by atoms with van der Waals surface area (Å²) in [5.41, 5.74) is 0.499. The summed E-state index contributed by atoms with van der Waals surface area (Å²) in [5, 5.41) is 3.94. The molecule has 2 amide bonds. The molecule has 0 bridgehead atoms. The molecule has 1 aliphatic heterocycles. The molecule has 1 saturated heterocycles. The monoisotopic (exact) mass is 519 g/mol. The number of anilines is 1. The number of aromatic nitrogens is 2. The molecule has 11 heteroatoms. The standard InChI is InChI=1S/C23H23Cl2N5O3S/c1-15-13-29(8-9-30(15)22(32)17-6-2-3-7-18(17)24)20-11-19(25)27-23(28-20)34-14-21(31)26-12-16-5-4-10-33-16/h2-7,10-11,15H,8-9,12-14H2,1H3,(H,26,31). The molecule has 0 aliphatic carbocycles. The van der Waals surface area contributed by atoms with E-state index in [9.17, 15) is 9.59 Å². The molecule has 0 spiro atoms. The Morgan fingerprint density at radius 1 is 1.18 bits per heavy atom. The summed E-state index contributed by atoms with van der Waals surface area (Å²) in [4.78, 5) is 37.8. The van der Waals surface area contributed by atoms with Gasteiger partial charge >= 0.3 is 0 Å². The van der Waals surface area contributed by atoms with E-state index in [-0.39, 0.29) is 23.6 Å². The molecule has 0 saturated carbocycles. The van der Waals surface area contributed by atoms with E-state index in [0.717, 1.165) is 0 Å². The lowest BCUT2D eigenvalue weighted by Crippen LogP contribution is -2.54. The van der Waals surface area contributed by atoms with Crippen molar-refractivity contribution < 1.29 is 14.0 Å². The number of hydrogen-bond donors (Lipinski definition) is 1. The van der Waals surface area contributed by atoms with Gasteiger partial charge in [-0.15, -0.1) is 0 Å². The summed E-state index contributed by atoms with van der Waals surface area (Å²) in [6, 6.07) is 12.3. The first-order valence-corrected chi connectivity index (χ1v) is 12.4. The van der Waals surface area contributed by atoms with Crippen molar-refractivity contribution in [3.63, 3.8) is 0 Å². The van der Waals surface area contributed by atoms with Crippen LogP contribution in [0.5, 0.6) is 0 Å². The number of benzene rings is 1. The predicted octanol–water partition coefficient (Wildman–Crippen LogP) is 4.14. The van der Waals surface area contributed by atoms with Crippen molar-refractivity contribution in [2.45, 2.75) is 24.7 Å². The van der Waals surface area contributed by atoms with E-state index >= 15 is 0 Å². The summed E-state index contributed by atoms with van der Waals surface area (Å²) >= 11 is 13.7. The number of carbonyl (C=O) groups excluding carboxylic acids is 2. The number of amides is 2. The van der Waals surface area contributed by atoms with Crippen LogP contribution in [-0.4, -0.2) is 58.1 Å². The van der Waals surface area contributed by atoms with Gasteiger partial charge in [-0.1, -0.05) is 47.1 Å². The van der Waals surface area contributed by atoms with Crippen LogP contribution < -0.4 is 10.2 Å². The van der Waals surface area contributed by atoms with Gasteiger partial charge in [0.1, 0.15) is 16.7 Å². The van der Waals surface area contributed by atoms with Crippen LogP contribution in [0.1, 0.15) is 23.0 Å². The third kappa shape index (κ3) is 6.02. The van der Waals surface area contributed by atoms with Gasteiger partial charge in [0.25, 0.3) is 5.91 Å². The molecule has 0 radical (unpaired) electrons. The quantitative estimate of drug-likeness (QED) is 0.285. The Morgan fingerprint density at radius 3 is 2.74 bits per heavy atom. The molecule has 4 rings (SSSR count). The molecule has 3 heterocycles. The lowest BCUT2D eigenvalue weighted by molar-refractivity contribution is -0.118. The first-order chi connectivity index (χ1) is 16.4. The van der Waals surface area contributed by atoms with Gasteiger partial charge in [0.05, 0.1) is 29.1 Å². The van der Waals surface area contributed by atoms with Crippen molar-refractivity contribution >= 4 is 52.6 Å². The first-order valence-electron chi connectivity index (χ1n) is 10.7. The molecule has 178 valence electrons. The number of piperazine rings is 1. The van der Waals surface area contributed by atoms with Crippen LogP contribution >= 0.6 is 35.0 Å². The fourth-order valence-corrected chi connectivity index (χ4v) is 4.78. The van der Waals surface area contributed by atoms with Gasteiger partial charge in [0, 0.05) is 31.7 Å². The topological polar surface area (TPSA) is 91.6 Å².